The summed E-state index contributed by atoms with van der Waals surface area (Å²) >= 11 is 0. The van der Waals surface area contributed by atoms with Crippen molar-refractivity contribution in [2.45, 2.75) is 0 Å². The first kappa shape index (κ1) is 36.7. The van der Waals surface area contributed by atoms with Crippen LogP contribution in [-0.4, -0.2) is 9.13 Å². The van der Waals surface area contributed by atoms with Crippen LogP contribution in [-0.2, 0) is 0 Å². The van der Waals surface area contributed by atoms with Gasteiger partial charge in [0, 0.05) is 32.3 Å². The molecule has 0 amide bonds. The van der Waals surface area contributed by atoms with Crippen LogP contribution in [0.15, 0.2) is 243 Å². The van der Waals surface area contributed by atoms with Crippen molar-refractivity contribution in [1.82, 2.24) is 9.13 Å². The molecule has 2 heterocycles. The molecule has 0 fully saturated rings. The highest BCUT2D eigenvalue weighted by Crippen LogP contribution is 2.43. The Bertz CT molecular complexity index is 3980. The molecule has 0 spiro atoms. The van der Waals surface area contributed by atoms with Gasteiger partial charge in [0.25, 0.3) is 0 Å². The van der Waals surface area contributed by atoms with Gasteiger partial charge >= 0.3 is 0 Å². The van der Waals surface area contributed by atoms with Crippen LogP contribution in [0.2, 0.25) is 0 Å². The van der Waals surface area contributed by atoms with Gasteiger partial charge in [0.1, 0.15) is 0 Å². The summed E-state index contributed by atoms with van der Waals surface area (Å²) in [7, 11) is 0. The van der Waals surface area contributed by atoms with E-state index in [1.165, 1.54) is 97.0 Å². The lowest BCUT2D eigenvalue weighted by atomic mass is 9.92. The lowest BCUT2D eigenvalue weighted by Crippen LogP contribution is -2.01. The molecular formula is C64H40N2. The molecule has 0 bridgehead atoms. The van der Waals surface area contributed by atoms with Crippen LogP contribution in [0.4, 0.5) is 0 Å². The molecule has 14 rings (SSSR count). The maximum absolute atomic E-state index is 2.53. The second-order valence-electron chi connectivity index (χ2n) is 17.5. The topological polar surface area (TPSA) is 9.86 Å². The monoisotopic (exact) mass is 836 g/mol. The molecule has 2 aromatic heterocycles. The van der Waals surface area contributed by atoms with Crippen molar-refractivity contribution >= 4 is 119 Å². The predicted molar refractivity (Wildman–Crippen MR) is 284 cm³/mol. The van der Waals surface area contributed by atoms with Gasteiger partial charge in [-0.2, -0.15) is 0 Å². The van der Waals surface area contributed by atoms with Crippen molar-refractivity contribution in [2.75, 3.05) is 0 Å². The second kappa shape index (κ2) is 14.4. The highest BCUT2D eigenvalue weighted by molar-refractivity contribution is 6.28. The molecule has 0 radical (unpaired) electrons. The number of fused-ring (bicyclic) bond motifs is 14. The van der Waals surface area contributed by atoms with E-state index in [-0.39, 0.29) is 0 Å². The highest BCUT2D eigenvalue weighted by atomic mass is 15.0. The fraction of sp³-hybridized carbons (Fsp3) is 0. The molecule has 0 N–H and O–H groups in total. The third-order valence-electron chi connectivity index (χ3n) is 14.1. The summed E-state index contributed by atoms with van der Waals surface area (Å²) in [5.74, 6) is 0. The van der Waals surface area contributed by atoms with E-state index >= 15 is 0 Å². The first-order valence-electron chi connectivity index (χ1n) is 22.9. The zero-order valence-electron chi connectivity index (χ0n) is 36.0. The van der Waals surface area contributed by atoms with Crippen LogP contribution in [0.25, 0.3) is 130 Å². The van der Waals surface area contributed by atoms with Gasteiger partial charge in [-0.25, -0.2) is 0 Å². The molecule has 0 aliphatic heterocycles. The fourth-order valence-corrected chi connectivity index (χ4v) is 11.3. The maximum atomic E-state index is 2.53. The lowest BCUT2D eigenvalue weighted by Gasteiger charge is -2.21. The van der Waals surface area contributed by atoms with E-state index in [1.807, 2.05) is 0 Å². The molecule has 12 aromatic carbocycles. The zero-order valence-corrected chi connectivity index (χ0v) is 36.0. The molecule has 0 saturated heterocycles. The number of hydrogen-bond acceptors (Lipinski definition) is 0. The summed E-state index contributed by atoms with van der Waals surface area (Å²) in [5, 5.41) is 22.0. The second-order valence-corrected chi connectivity index (χ2v) is 17.5. The van der Waals surface area contributed by atoms with E-state index in [9.17, 15) is 0 Å². The highest BCUT2D eigenvalue weighted by Gasteiger charge is 2.19. The van der Waals surface area contributed by atoms with Gasteiger partial charge in [0.2, 0.25) is 0 Å². The van der Waals surface area contributed by atoms with Gasteiger partial charge in [0.05, 0.1) is 33.4 Å². The van der Waals surface area contributed by atoms with Crippen LogP contribution in [0.1, 0.15) is 0 Å². The van der Waals surface area contributed by atoms with Crippen molar-refractivity contribution < 1.29 is 0 Å². The van der Waals surface area contributed by atoms with Crippen molar-refractivity contribution in [3.8, 4) is 11.4 Å². The zero-order chi connectivity index (χ0) is 43.3. The summed E-state index contributed by atoms with van der Waals surface area (Å²) in [5.41, 5.74) is 6.87. The number of rotatable bonds is 2. The Labute approximate surface area is 380 Å². The average molecular weight is 837 g/mol. The van der Waals surface area contributed by atoms with E-state index in [4.69, 9.17) is 0 Å². The van der Waals surface area contributed by atoms with Gasteiger partial charge in [0.15, 0.2) is 0 Å². The average Bonchev–Trinajstić information content (AvgIpc) is 3.46. The molecule has 66 heavy (non-hydrogen) atoms. The van der Waals surface area contributed by atoms with Crippen LogP contribution >= 0.6 is 0 Å². The van der Waals surface area contributed by atoms with E-state index < -0.39 is 0 Å². The molecule has 0 saturated carbocycles. The first-order valence-corrected chi connectivity index (χ1v) is 22.9. The molecule has 14 aromatic rings. The minimum atomic E-state index is 1.14. The molecule has 2 nitrogen and oxygen atoms in total. The SMILES string of the molecule is c1ccc2c(c1)c1ccccc1c1ccccc1n(-c1ccc3ccc4c(-n5c6ccccc6c6ccccc6c6ccccc6c6ccccc65)ccc5ccc1c3c54)c1ccccc21. The van der Waals surface area contributed by atoms with Crippen LogP contribution in [0.3, 0.4) is 0 Å². The van der Waals surface area contributed by atoms with Gasteiger partial charge in [-0.3, -0.25) is 0 Å². The number of hydrogen-bond donors (Lipinski definition) is 0. The summed E-state index contributed by atoms with van der Waals surface area (Å²) in [6, 6.07) is 90.1. The van der Waals surface area contributed by atoms with Gasteiger partial charge < -0.3 is 9.13 Å². The molecule has 306 valence electrons. The normalized spacial score (nSPS) is 11.9. The third-order valence-corrected chi connectivity index (χ3v) is 14.1. The third kappa shape index (κ3) is 5.30. The smallest absolute Gasteiger partial charge is 0.0541 e. The lowest BCUT2D eigenvalue weighted by molar-refractivity contribution is 1.19. The Morgan fingerprint density at radius 3 is 0.652 bits per heavy atom. The maximum Gasteiger partial charge on any atom is 0.0541 e. The summed E-state index contributed by atoms with van der Waals surface area (Å²) < 4.78 is 5.05. The minimum Gasteiger partial charge on any atom is -0.309 e. The van der Waals surface area contributed by atoms with Gasteiger partial charge in [-0.1, -0.05) is 206 Å². The van der Waals surface area contributed by atoms with Crippen molar-refractivity contribution in [3.63, 3.8) is 0 Å². The van der Waals surface area contributed by atoms with Crippen LogP contribution in [0.5, 0.6) is 0 Å². The molecular weight excluding hydrogens is 797 g/mol. The molecule has 0 aliphatic carbocycles. The molecule has 2 heteroatoms. The molecule has 0 aliphatic rings. The van der Waals surface area contributed by atoms with Crippen LogP contribution in [0, 0.1) is 0 Å². The Hall–Kier alpha value is -8.72. The van der Waals surface area contributed by atoms with E-state index in [2.05, 4.69) is 252 Å². The quantitative estimate of drug-likeness (QED) is 0.154. The number of benzene rings is 12. The molecule has 0 atom stereocenters. The largest absolute Gasteiger partial charge is 0.309 e. The van der Waals surface area contributed by atoms with Crippen LogP contribution < -0.4 is 0 Å². The number of para-hydroxylation sites is 4. The predicted octanol–water partition coefficient (Wildman–Crippen LogP) is 17.6. The van der Waals surface area contributed by atoms with E-state index in [0.717, 1.165) is 33.4 Å². The van der Waals surface area contributed by atoms with Crippen molar-refractivity contribution in [3.05, 3.63) is 243 Å². The Morgan fingerprint density at radius 2 is 0.379 bits per heavy atom. The Morgan fingerprint density at radius 1 is 0.167 bits per heavy atom. The van der Waals surface area contributed by atoms with E-state index in [1.54, 1.807) is 0 Å². The molecule has 0 unspecified atom stereocenters. The van der Waals surface area contributed by atoms with Gasteiger partial charge in [-0.15, -0.1) is 0 Å². The summed E-state index contributed by atoms with van der Waals surface area (Å²) in [4.78, 5) is 0. The Kier molecular flexibility index (Phi) is 8.02. The Balaban J connectivity index is 1.17. The first-order chi connectivity index (χ1) is 32.8. The van der Waals surface area contributed by atoms with Gasteiger partial charge in [-0.05, 0) is 101 Å². The summed E-state index contributed by atoms with van der Waals surface area (Å²) in [6.07, 6.45) is 0. The number of aromatic nitrogens is 2. The summed E-state index contributed by atoms with van der Waals surface area (Å²) in [6.45, 7) is 0. The van der Waals surface area contributed by atoms with Crippen molar-refractivity contribution in [2.24, 2.45) is 0 Å². The minimum absolute atomic E-state index is 1.14. The van der Waals surface area contributed by atoms with Crippen molar-refractivity contribution in [1.29, 1.82) is 0 Å². The standard InChI is InChI=1S/C64H40N2/c1-5-21-47-43(17-1)44-18-2-6-22-48(44)52-26-10-14-30-58(52)65(57-29-13-9-25-51(47)57)61-39-35-41-34-38-56-62(40-36-42-33-37-55(61)63(41)64(42)56)66-59-31-15-11-27-53(59)49-23-7-3-19-45(49)46-20-4-8-24-50(46)54-28-12-16-32-60(54)66/h1-40H. The fourth-order valence-electron chi connectivity index (χ4n) is 11.3. The van der Waals surface area contributed by atoms with E-state index in [0.29, 0.717) is 0 Å². The number of nitrogens with zero attached hydrogens (tertiary/aromatic N) is 2.